The summed E-state index contributed by atoms with van der Waals surface area (Å²) in [5.41, 5.74) is 0.842. The Labute approximate surface area is 130 Å². The Morgan fingerprint density at radius 2 is 2.09 bits per heavy atom. The van der Waals surface area contributed by atoms with Crippen molar-refractivity contribution < 1.29 is 4.79 Å². The maximum Gasteiger partial charge on any atom is 0.259 e. The van der Waals surface area contributed by atoms with Gasteiger partial charge in [0.1, 0.15) is 5.56 Å². The Balaban J connectivity index is 1.98. The summed E-state index contributed by atoms with van der Waals surface area (Å²) < 4.78 is 0. The van der Waals surface area contributed by atoms with Crippen LogP contribution in [0.1, 0.15) is 43.5 Å². The van der Waals surface area contributed by atoms with E-state index in [0.29, 0.717) is 11.3 Å². The summed E-state index contributed by atoms with van der Waals surface area (Å²) >= 11 is 0. The van der Waals surface area contributed by atoms with E-state index in [0.717, 1.165) is 31.3 Å². The number of benzene rings is 1. The number of para-hydroxylation sites is 1. The van der Waals surface area contributed by atoms with Crippen LogP contribution in [0.25, 0.3) is 10.9 Å². The van der Waals surface area contributed by atoms with Crippen molar-refractivity contribution in [2.24, 2.45) is 5.92 Å². The zero-order valence-corrected chi connectivity index (χ0v) is 13.1. The number of fused-ring (bicyclic) bond motifs is 1. The predicted molar refractivity (Wildman–Crippen MR) is 88.1 cm³/mol. The molecule has 1 fully saturated rings. The van der Waals surface area contributed by atoms with Crippen LogP contribution in [-0.2, 0) is 0 Å². The van der Waals surface area contributed by atoms with Crippen molar-refractivity contribution in [1.29, 1.82) is 0 Å². The zero-order valence-electron chi connectivity index (χ0n) is 13.1. The first-order chi connectivity index (χ1) is 10.6. The lowest BCUT2D eigenvalue weighted by molar-refractivity contribution is 0.0555. The third-order valence-electron chi connectivity index (χ3n) is 4.84. The number of nitrogens with zero attached hydrogens (tertiary/aromatic N) is 1. The van der Waals surface area contributed by atoms with Crippen molar-refractivity contribution >= 4 is 16.8 Å². The number of aromatic amines is 1. The minimum Gasteiger partial charge on any atom is -0.360 e. The van der Waals surface area contributed by atoms with Crippen LogP contribution in [0.4, 0.5) is 0 Å². The summed E-state index contributed by atoms with van der Waals surface area (Å²) in [5.74, 6) is 0.400. The average Bonchev–Trinajstić information content (AvgIpc) is 2.55. The number of hydrogen-bond acceptors (Lipinski definition) is 2. The molecule has 0 aliphatic carbocycles. The molecule has 1 aromatic heterocycles. The molecule has 1 aliphatic rings. The highest BCUT2D eigenvalue weighted by Gasteiger charge is 2.30. The predicted octanol–water partition coefficient (Wildman–Crippen LogP) is 3.18. The highest BCUT2D eigenvalue weighted by atomic mass is 16.2. The van der Waals surface area contributed by atoms with Crippen LogP contribution in [0, 0.1) is 5.92 Å². The number of carbonyl (C=O) groups excluding carboxylic acids is 1. The Hall–Kier alpha value is -2.10. The van der Waals surface area contributed by atoms with Gasteiger partial charge >= 0.3 is 0 Å². The molecule has 1 aromatic carbocycles. The summed E-state index contributed by atoms with van der Waals surface area (Å²) in [4.78, 5) is 30.4. The summed E-state index contributed by atoms with van der Waals surface area (Å²) in [6.45, 7) is 4.98. The lowest BCUT2D eigenvalue weighted by Crippen LogP contribution is -2.46. The van der Waals surface area contributed by atoms with E-state index in [2.05, 4.69) is 18.8 Å². The fourth-order valence-corrected chi connectivity index (χ4v) is 3.28. The number of pyridine rings is 1. The van der Waals surface area contributed by atoms with Crippen LogP contribution in [0.5, 0.6) is 0 Å². The topological polar surface area (TPSA) is 53.2 Å². The molecular formula is C18H22N2O2. The largest absolute Gasteiger partial charge is 0.360 e. The SMILES string of the molecule is CC[C@@H]1CC[C@H](C)N(C(=O)c2c[nH]c3ccccc3c2=O)C1. The molecule has 22 heavy (non-hydrogen) atoms. The monoisotopic (exact) mass is 298 g/mol. The summed E-state index contributed by atoms with van der Waals surface area (Å²) in [6, 6.07) is 7.50. The molecule has 0 spiro atoms. The van der Waals surface area contributed by atoms with Crippen LogP contribution in [0.15, 0.2) is 35.3 Å². The molecule has 0 radical (unpaired) electrons. The Morgan fingerprint density at radius 1 is 1.32 bits per heavy atom. The van der Waals surface area contributed by atoms with Gasteiger partial charge in [0.05, 0.1) is 0 Å². The van der Waals surface area contributed by atoms with Crippen LogP contribution in [-0.4, -0.2) is 28.4 Å². The molecule has 116 valence electrons. The second-order valence-electron chi connectivity index (χ2n) is 6.24. The molecule has 2 atom stereocenters. The number of likely N-dealkylation sites (tertiary alicyclic amines) is 1. The van der Waals surface area contributed by atoms with Crippen LogP contribution in [0.2, 0.25) is 0 Å². The molecule has 4 heteroatoms. The van der Waals surface area contributed by atoms with E-state index in [1.54, 1.807) is 12.3 Å². The maximum atomic E-state index is 12.8. The number of hydrogen-bond donors (Lipinski definition) is 1. The van der Waals surface area contributed by atoms with Crippen molar-refractivity contribution in [2.45, 2.75) is 39.2 Å². The first-order valence-corrected chi connectivity index (χ1v) is 8.03. The second-order valence-corrected chi connectivity index (χ2v) is 6.24. The van der Waals surface area contributed by atoms with Gasteiger partial charge in [-0.25, -0.2) is 0 Å². The van der Waals surface area contributed by atoms with Gasteiger partial charge < -0.3 is 9.88 Å². The summed E-state index contributed by atoms with van der Waals surface area (Å²) in [7, 11) is 0. The van der Waals surface area contributed by atoms with Gasteiger partial charge in [0, 0.05) is 29.7 Å². The molecular weight excluding hydrogens is 276 g/mol. The molecule has 1 N–H and O–H groups in total. The number of amides is 1. The second kappa shape index (κ2) is 5.95. The van der Waals surface area contributed by atoms with Gasteiger partial charge in [0.15, 0.2) is 0 Å². The minimum atomic E-state index is -0.176. The van der Waals surface area contributed by atoms with Crippen LogP contribution in [0.3, 0.4) is 0 Å². The van der Waals surface area contributed by atoms with Gasteiger partial charge in [-0.05, 0) is 37.8 Å². The lowest BCUT2D eigenvalue weighted by atomic mass is 9.91. The maximum absolute atomic E-state index is 12.8. The van der Waals surface area contributed by atoms with Gasteiger partial charge in [-0.2, -0.15) is 0 Å². The standard InChI is InChI=1S/C18H22N2O2/c1-3-13-9-8-12(2)20(11-13)18(22)15-10-19-16-7-5-4-6-14(16)17(15)21/h4-7,10,12-13H,3,8-9,11H2,1-2H3,(H,19,21)/t12-,13+/m0/s1. The van der Waals surface area contributed by atoms with E-state index in [1.165, 1.54) is 0 Å². The molecule has 1 aliphatic heterocycles. The molecule has 1 amide bonds. The summed E-state index contributed by atoms with van der Waals surface area (Å²) in [6.07, 6.45) is 4.81. The number of rotatable bonds is 2. The average molecular weight is 298 g/mol. The van der Waals surface area contributed by atoms with Crippen molar-refractivity contribution in [3.05, 3.63) is 46.2 Å². The molecule has 0 bridgehead atoms. The normalized spacial score (nSPS) is 22.0. The minimum absolute atomic E-state index is 0.141. The smallest absolute Gasteiger partial charge is 0.259 e. The molecule has 2 heterocycles. The molecule has 1 saturated heterocycles. The number of nitrogens with one attached hydrogen (secondary N) is 1. The number of H-pyrrole nitrogens is 1. The van der Waals surface area contributed by atoms with E-state index >= 15 is 0 Å². The number of carbonyl (C=O) groups is 1. The molecule has 2 aromatic rings. The number of piperidine rings is 1. The first kappa shape index (κ1) is 14.8. The van der Waals surface area contributed by atoms with Crippen molar-refractivity contribution in [1.82, 2.24) is 9.88 Å². The molecule has 0 unspecified atom stereocenters. The van der Waals surface area contributed by atoms with Gasteiger partial charge in [0.2, 0.25) is 5.43 Å². The highest BCUT2D eigenvalue weighted by Crippen LogP contribution is 2.25. The zero-order chi connectivity index (χ0) is 15.7. The fourth-order valence-electron chi connectivity index (χ4n) is 3.28. The lowest BCUT2D eigenvalue weighted by Gasteiger charge is -2.37. The van der Waals surface area contributed by atoms with E-state index in [1.807, 2.05) is 23.1 Å². The van der Waals surface area contributed by atoms with E-state index < -0.39 is 0 Å². The van der Waals surface area contributed by atoms with Gasteiger partial charge in [0.25, 0.3) is 5.91 Å². The molecule has 0 saturated carbocycles. The quantitative estimate of drug-likeness (QED) is 0.925. The summed E-state index contributed by atoms with van der Waals surface area (Å²) in [5, 5.41) is 0.574. The van der Waals surface area contributed by atoms with Crippen LogP contribution >= 0.6 is 0 Å². The third-order valence-corrected chi connectivity index (χ3v) is 4.84. The Morgan fingerprint density at radius 3 is 2.86 bits per heavy atom. The van der Waals surface area contributed by atoms with E-state index in [-0.39, 0.29) is 22.9 Å². The third kappa shape index (κ3) is 2.54. The highest BCUT2D eigenvalue weighted by molar-refractivity contribution is 5.97. The van der Waals surface area contributed by atoms with Gasteiger partial charge in [-0.1, -0.05) is 25.5 Å². The Bertz CT molecular complexity index is 750. The van der Waals surface area contributed by atoms with E-state index in [4.69, 9.17) is 0 Å². The first-order valence-electron chi connectivity index (χ1n) is 8.03. The van der Waals surface area contributed by atoms with Crippen molar-refractivity contribution in [3.8, 4) is 0 Å². The van der Waals surface area contributed by atoms with Crippen molar-refractivity contribution in [2.75, 3.05) is 6.54 Å². The molecule has 3 rings (SSSR count). The van der Waals surface area contributed by atoms with Gasteiger partial charge in [-0.15, -0.1) is 0 Å². The Kier molecular flexibility index (Phi) is 4.01. The van der Waals surface area contributed by atoms with Gasteiger partial charge in [-0.3, -0.25) is 9.59 Å². The van der Waals surface area contributed by atoms with Crippen LogP contribution < -0.4 is 5.43 Å². The van der Waals surface area contributed by atoms with E-state index in [9.17, 15) is 9.59 Å². The molecule has 4 nitrogen and oxygen atoms in total. The fraction of sp³-hybridized carbons (Fsp3) is 0.444. The number of aromatic nitrogens is 1. The van der Waals surface area contributed by atoms with Crippen molar-refractivity contribution in [3.63, 3.8) is 0 Å².